The first-order valence-electron chi connectivity index (χ1n) is 5.52. The van der Waals surface area contributed by atoms with Gasteiger partial charge in [0.2, 0.25) is 0 Å². The summed E-state index contributed by atoms with van der Waals surface area (Å²) < 4.78 is 29.1. The molecule has 2 rings (SSSR count). The number of amides is 1. The van der Waals surface area contributed by atoms with Gasteiger partial charge in [0, 0.05) is 15.3 Å². The normalized spacial score (nSPS) is 10.4. The number of ether oxygens (including phenoxy) is 1. The molecule has 0 bridgehead atoms. The minimum absolute atomic E-state index is 0.00365. The summed E-state index contributed by atoms with van der Waals surface area (Å²) in [6.45, 7) is -2.88. The van der Waals surface area contributed by atoms with Gasteiger partial charge in [0.05, 0.1) is 0 Å². The number of carbonyl (C=O) groups is 1. The number of aromatic nitrogens is 1. The van der Waals surface area contributed by atoms with Crippen LogP contribution in [0.2, 0.25) is 0 Å². The van der Waals surface area contributed by atoms with E-state index in [9.17, 15) is 13.6 Å². The lowest BCUT2D eigenvalue weighted by Gasteiger charge is -2.06. The van der Waals surface area contributed by atoms with Crippen LogP contribution in [-0.4, -0.2) is 17.5 Å². The minimum Gasteiger partial charge on any atom is -0.435 e. The number of alkyl halides is 2. The smallest absolute Gasteiger partial charge is 0.387 e. The van der Waals surface area contributed by atoms with Crippen LogP contribution in [0, 0.1) is 3.57 Å². The lowest BCUT2D eigenvalue weighted by molar-refractivity contribution is -0.0498. The van der Waals surface area contributed by atoms with Crippen molar-refractivity contribution in [1.82, 2.24) is 4.98 Å². The Bertz CT molecular complexity index is 588. The third kappa shape index (κ3) is 4.12. The van der Waals surface area contributed by atoms with E-state index in [2.05, 4.69) is 37.6 Å². The van der Waals surface area contributed by atoms with E-state index in [0.717, 1.165) is 3.57 Å². The van der Waals surface area contributed by atoms with Gasteiger partial charge in [-0.15, -0.1) is 0 Å². The lowest BCUT2D eigenvalue weighted by atomic mass is 10.2. The van der Waals surface area contributed by atoms with Gasteiger partial charge in [-0.05, 0) is 59.0 Å². The van der Waals surface area contributed by atoms with Gasteiger partial charge in [-0.2, -0.15) is 8.78 Å². The molecule has 20 heavy (non-hydrogen) atoms. The van der Waals surface area contributed by atoms with E-state index in [0.29, 0.717) is 11.4 Å². The topological polar surface area (TPSA) is 51.2 Å². The molecule has 1 N–H and O–H groups in total. The molecule has 0 saturated heterocycles. The highest BCUT2D eigenvalue weighted by molar-refractivity contribution is 14.1. The molecule has 0 aliphatic carbocycles. The maximum Gasteiger partial charge on any atom is 0.387 e. The lowest BCUT2D eigenvalue weighted by Crippen LogP contribution is -2.13. The van der Waals surface area contributed by atoms with Crippen molar-refractivity contribution in [3.8, 4) is 5.75 Å². The number of nitrogens with zero attached hydrogens (tertiary/aromatic N) is 1. The Labute approximate surface area is 127 Å². The van der Waals surface area contributed by atoms with Crippen LogP contribution in [0.4, 0.5) is 14.6 Å². The van der Waals surface area contributed by atoms with Gasteiger partial charge in [-0.1, -0.05) is 0 Å². The Morgan fingerprint density at radius 2 is 1.90 bits per heavy atom. The van der Waals surface area contributed by atoms with Crippen molar-refractivity contribution in [3.63, 3.8) is 0 Å². The van der Waals surface area contributed by atoms with Crippen molar-refractivity contribution in [2.24, 2.45) is 0 Å². The summed E-state index contributed by atoms with van der Waals surface area (Å²) in [6, 6.07) is 8.90. The molecule has 104 valence electrons. The standard InChI is InChI=1S/C13H9F2IN2O2/c14-13(15)20-10-4-1-8(2-5-10)12(19)18-11-6-3-9(16)7-17-11/h1-7,13H,(H,17,18,19). The van der Waals surface area contributed by atoms with Gasteiger partial charge in [0.1, 0.15) is 11.6 Å². The van der Waals surface area contributed by atoms with Crippen LogP contribution < -0.4 is 10.1 Å². The van der Waals surface area contributed by atoms with E-state index < -0.39 is 6.61 Å². The zero-order valence-corrected chi connectivity index (χ0v) is 12.2. The summed E-state index contributed by atoms with van der Waals surface area (Å²) in [5.41, 5.74) is 0.326. The number of rotatable bonds is 4. The van der Waals surface area contributed by atoms with Crippen LogP contribution in [0.3, 0.4) is 0 Å². The predicted molar refractivity (Wildman–Crippen MR) is 78.0 cm³/mol. The van der Waals surface area contributed by atoms with Crippen LogP contribution in [-0.2, 0) is 0 Å². The summed E-state index contributed by atoms with van der Waals surface area (Å²) in [5, 5.41) is 2.60. The first-order chi connectivity index (χ1) is 9.54. The zero-order valence-electron chi connectivity index (χ0n) is 10.0. The van der Waals surface area contributed by atoms with Crippen LogP contribution in [0.25, 0.3) is 0 Å². The number of benzene rings is 1. The second-order valence-electron chi connectivity index (χ2n) is 3.72. The van der Waals surface area contributed by atoms with Crippen molar-refractivity contribution < 1.29 is 18.3 Å². The third-order valence-corrected chi connectivity index (χ3v) is 2.95. The summed E-state index contributed by atoms with van der Waals surface area (Å²) >= 11 is 2.10. The molecule has 0 unspecified atom stereocenters. The Morgan fingerprint density at radius 1 is 1.20 bits per heavy atom. The maximum absolute atomic E-state index is 12.0. The van der Waals surface area contributed by atoms with Crippen LogP contribution in [0.15, 0.2) is 42.6 Å². The third-order valence-electron chi connectivity index (χ3n) is 2.31. The van der Waals surface area contributed by atoms with Gasteiger partial charge < -0.3 is 10.1 Å². The predicted octanol–water partition coefficient (Wildman–Crippen LogP) is 3.54. The zero-order chi connectivity index (χ0) is 14.5. The number of pyridine rings is 1. The van der Waals surface area contributed by atoms with Crippen molar-refractivity contribution in [3.05, 3.63) is 51.7 Å². The number of halogens is 3. The number of carbonyl (C=O) groups excluding carboxylic acids is 1. The first kappa shape index (κ1) is 14.6. The maximum atomic E-state index is 12.0. The molecule has 4 nitrogen and oxygen atoms in total. The van der Waals surface area contributed by atoms with Crippen molar-refractivity contribution in [1.29, 1.82) is 0 Å². The summed E-state index contributed by atoms with van der Waals surface area (Å²) in [5.74, 6) is 0.0505. The highest BCUT2D eigenvalue weighted by Crippen LogP contribution is 2.16. The van der Waals surface area contributed by atoms with Gasteiger partial charge in [-0.25, -0.2) is 4.98 Å². The fraction of sp³-hybridized carbons (Fsp3) is 0.0769. The fourth-order valence-corrected chi connectivity index (χ4v) is 1.75. The van der Waals surface area contributed by atoms with Crippen LogP contribution in [0.1, 0.15) is 10.4 Å². The number of anilines is 1. The number of nitrogens with one attached hydrogen (secondary N) is 1. The molecular weight excluding hydrogens is 381 g/mol. The van der Waals surface area contributed by atoms with E-state index in [1.54, 1.807) is 12.3 Å². The molecule has 1 amide bonds. The van der Waals surface area contributed by atoms with Crippen molar-refractivity contribution in [2.45, 2.75) is 6.61 Å². The molecule has 0 fully saturated rings. The molecule has 1 aromatic carbocycles. The summed E-state index contributed by atoms with van der Waals surface area (Å²) in [4.78, 5) is 15.9. The van der Waals surface area contributed by atoms with E-state index >= 15 is 0 Å². The highest BCUT2D eigenvalue weighted by Gasteiger charge is 2.08. The van der Waals surface area contributed by atoms with Crippen LogP contribution >= 0.6 is 22.6 Å². The second-order valence-corrected chi connectivity index (χ2v) is 4.96. The summed E-state index contributed by atoms with van der Waals surface area (Å²) in [7, 11) is 0. The molecule has 0 aliphatic rings. The Morgan fingerprint density at radius 3 is 2.45 bits per heavy atom. The average molecular weight is 390 g/mol. The molecule has 0 radical (unpaired) electrons. The first-order valence-corrected chi connectivity index (χ1v) is 6.60. The Kier molecular flexibility index (Phi) is 4.83. The van der Waals surface area contributed by atoms with Gasteiger partial charge >= 0.3 is 6.61 Å². The molecule has 1 heterocycles. The molecular formula is C13H9F2IN2O2. The van der Waals surface area contributed by atoms with Crippen LogP contribution in [0.5, 0.6) is 5.75 Å². The Hall–Kier alpha value is -1.77. The van der Waals surface area contributed by atoms with E-state index in [1.165, 1.54) is 24.3 Å². The highest BCUT2D eigenvalue weighted by atomic mass is 127. The van der Waals surface area contributed by atoms with Gasteiger partial charge in [-0.3, -0.25) is 4.79 Å². The molecule has 7 heteroatoms. The quantitative estimate of drug-likeness (QED) is 0.813. The fourth-order valence-electron chi connectivity index (χ4n) is 1.43. The molecule has 0 spiro atoms. The monoisotopic (exact) mass is 390 g/mol. The average Bonchev–Trinajstić information content (AvgIpc) is 2.41. The SMILES string of the molecule is O=C(Nc1ccc(I)cn1)c1ccc(OC(F)F)cc1. The molecule has 2 aromatic rings. The minimum atomic E-state index is -2.88. The van der Waals surface area contributed by atoms with Crippen molar-refractivity contribution in [2.75, 3.05) is 5.32 Å². The molecule has 1 aromatic heterocycles. The number of hydrogen-bond acceptors (Lipinski definition) is 3. The molecule has 0 saturated carbocycles. The van der Waals surface area contributed by atoms with Gasteiger partial charge in [0.25, 0.3) is 5.91 Å². The molecule has 0 atom stereocenters. The van der Waals surface area contributed by atoms with E-state index in [-0.39, 0.29) is 11.7 Å². The Balaban J connectivity index is 2.03. The summed E-state index contributed by atoms with van der Waals surface area (Å²) in [6.07, 6.45) is 1.62. The van der Waals surface area contributed by atoms with Gasteiger partial charge in [0.15, 0.2) is 0 Å². The number of hydrogen-bond donors (Lipinski definition) is 1. The second kappa shape index (κ2) is 6.60. The van der Waals surface area contributed by atoms with Crippen molar-refractivity contribution >= 4 is 34.3 Å². The largest absolute Gasteiger partial charge is 0.435 e. The van der Waals surface area contributed by atoms with E-state index in [1.807, 2.05) is 6.07 Å². The van der Waals surface area contributed by atoms with E-state index in [4.69, 9.17) is 0 Å². The molecule has 0 aliphatic heterocycles.